The van der Waals surface area contributed by atoms with Gasteiger partial charge >= 0.3 is 5.97 Å². The van der Waals surface area contributed by atoms with Crippen molar-refractivity contribution in [3.05, 3.63) is 46.6 Å². The highest BCUT2D eigenvalue weighted by molar-refractivity contribution is 5.69. The van der Waals surface area contributed by atoms with Gasteiger partial charge in [-0.3, -0.25) is 4.79 Å². The Morgan fingerprint density at radius 2 is 0.971 bits per heavy atom. The van der Waals surface area contributed by atoms with Crippen LogP contribution in [0.15, 0.2) is 46.6 Å². The number of rotatable bonds is 22. The quantitative estimate of drug-likeness (QED) is 0.0863. The van der Waals surface area contributed by atoms with Crippen molar-refractivity contribution in [2.45, 2.75) is 151 Å². The van der Waals surface area contributed by atoms with Crippen LogP contribution < -0.4 is 0 Å². The molecule has 0 aliphatic heterocycles. The number of hydrogen-bond donors (Lipinski definition) is 0. The predicted molar refractivity (Wildman–Crippen MR) is 156 cm³/mol. The van der Waals surface area contributed by atoms with Crippen molar-refractivity contribution >= 4 is 5.97 Å². The third kappa shape index (κ3) is 25.3. The minimum absolute atomic E-state index is 0.0476. The molecule has 0 heterocycles. The van der Waals surface area contributed by atoms with Crippen LogP contribution in [-0.4, -0.2) is 12.6 Å². The van der Waals surface area contributed by atoms with Gasteiger partial charge in [0.15, 0.2) is 0 Å². The van der Waals surface area contributed by atoms with E-state index in [2.05, 4.69) is 65.8 Å². The molecule has 0 unspecified atom stereocenters. The Labute approximate surface area is 219 Å². The summed E-state index contributed by atoms with van der Waals surface area (Å²) < 4.78 is 5.40. The van der Waals surface area contributed by atoms with Crippen LogP contribution in [0.2, 0.25) is 0 Å². The third-order valence-corrected chi connectivity index (χ3v) is 6.56. The summed E-state index contributed by atoms with van der Waals surface area (Å²) in [6.45, 7) is 13.6. The highest BCUT2D eigenvalue weighted by Crippen LogP contribution is 2.14. The van der Waals surface area contributed by atoms with E-state index in [4.69, 9.17) is 4.74 Å². The van der Waals surface area contributed by atoms with Crippen LogP contribution in [0.3, 0.4) is 0 Å². The summed E-state index contributed by atoms with van der Waals surface area (Å²) in [5, 5.41) is 0. The maximum Gasteiger partial charge on any atom is 0.306 e. The molecule has 0 spiro atoms. The normalized spacial score (nSPS) is 12.7. The average Bonchev–Trinajstić information content (AvgIpc) is 2.80. The lowest BCUT2D eigenvalue weighted by molar-refractivity contribution is -0.142. The average molecular weight is 487 g/mol. The Kier molecular flexibility index (Phi) is 23.1. The van der Waals surface area contributed by atoms with Gasteiger partial charge in [-0.15, -0.1) is 0 Å². The lowest BCUT2D eigenvalue weighted by Gasteiger charge is -2.05. The molecule has 0 rings (SSSR count). The maximum absolute atomic E-state index is 11.9. The molecule has 2 heteroatoms. The van der Waals surface area contributed by atoms with Crippen LogP contribution in [0, 0.1) is 0 Å². The lowest BCUT2D eigenvalue weighted by atomic mass is 10.0. The topological polar surface area (TPSA) is 26.3 Å². The van der Waals surface area contributed by atoms with Gasteiger partial charge in [0.1, 0.15) is 6.61 Å². The lowest BCUT2D eigenvalue weighted by Crippen LogP contribution is -2.04. The highest BCUT2D eigenvalue weighted by atomic mass is 16.5. The molecule has 35 heavy (non-hydrogen) atoms. The number of carbonyl (C=O) groups is 1. The van der Waals surface area contributed by atoms with E-state index in [0.717, 1.165) is 44.9 Å². The number of hydrogen-bond acceptors (Lipinski definition) is 2. The molecule has 2 nitrogen and oxygen atoms in total. The fourth-order valence-corrected chi connectivity index (χ4v) is 4.09. The van der Waals surface area contributed by atoms with Crippen molar-refractivity contribution in [3.63, 3.8) is 0 Å². The van der Waals surface area contributed by atoms with E-state index in [-0.39, 0.29) is 5.97 Å². The molecule has 0 aliphatic carbocycles. The molecule has 0 radical (unpaired) electrons. The fraction of sp³-hybridized carbons (Fsp3) is 0.727. The summed E-state index contributed by atoms with van der Waals surface area (Å²) in [7, 11) is 0. The van der Waals surface area contributed by atoms with Crippen molar-refractivity contribution in [1.82, 2.24) is 0 Å². The van der Waals surface area contributed by atoms with Crippen LogP contribution in [0.1, 0.15) is 151 Å². The van der Waals surface area contributed by atoms with Crippen molar-refractivity contribution in [2.24, 2.45) is 0 Å². The summed E-state index contributed by atoms with van der Waals surface area (Å²) in [6, 6.07) is 0. The van der Waals surface area contributed by atoms with Crippen molar-refractivity contribution in [2.75, 3.05) is 6.61 Å². The second-order valence-electron chi connectivity index (χ2n) is 10.7. The Balaban J connectivity index is 3.79. The van der Waals surface area contributed by atoms with E-state index in [1.165, 1.54) is 80.1 Å². The smallest absolute Gasteiger partial charge is 0.306 e. The number of carbonyl (C=O) groups excluding carboxylic acids is 1. The van der Waals surface area contributed by atoms with E-state index in [9.17, 15) is 4.79 Å². The number of unbranched alkanes of at least 4 members (excludes halogenated alkanes) is 9. The number of allylic oxidation sites excluding steroid dienone is 7. The van der Waals surface area contributed by atoms with Gasteiger partial charge < -0.3 is 4.74 Å². The summed E-state index contributed by atoms with van der Waals surface area (Å²) >= 11 is 0. The van der Waals surface area contributed by atoms with Gasteiger partial charge in [-0.25, -0.2) is 0 Å². The zero-order valence-corrected chi connectivity index (χ0v) is 24.4. The van der Waals surface area contributed by atoms with E-state index in [1.54, 1.807) is 0 Å². The molecule has 0 fully saturated rings. The molecular weight excluding hydrogens is 428 g/mol. The number of esters is 1. The standard InChI is InChI=1S/C33H58O2/c1-7-8-9-10-11-12-13-14-15-16-26-33(34)35-28-27-32(6)25-19-24-31(5)23-18-22-30(4)21-17-20-29(2)3/h20,22,24,27H,7-19,21,23,25-26,28H2,1-6H3/b30-22+,31-24+,32-27+. The molecule has 0 bridgehead atoms. The maximum atomic E-state index is 11.9. The van der Waals surface area contributed by atoms with E-state index in [1.807, 2.05) is 0 Å². The molecule has 202 valence electrons. The summed E-state index contributed by atoms with van der Waals surface area (Å²) in [5.74, 6) is -0.0476. The van der Waals surface area contributed by atoms with Crippen LogP contribution in [0.5, 0.6) is 0 Å². The Bertz CT molecular complexity index is 644. The zero-order chi connectivity index (χ0) is 26.2. The van der Waals surface area contributed by atoms with E-state index < -0.39 is 0 Å². The Hall–Kier alpha value is -1.57. The van der Waals surface area contributed by atoms with Crippen LogP contribution in [0.25, 0.3) is 0 Å². The molecule has 0 aromatic heterocycles. The molecular formula is C33H58O2. The summed E-state index contributed by atoms with van der Waals surface area (Å²) in [5.41, 5.74) is 5.67. The van der Waals surface area contributed by atoms with Gasteiger partial charge in [0.05, 0.1) is 0 Å². The minimum Gasteiger partial charge on any atom is -0.461 e. The minimum atomic E-state index is -0.0476. The van der Waals surface area contributed by atoms with Gasteiger partial charge in [0, 0.05) is 6.42 Å². The predicted octanol–water partition coefficient (Wildman–Crippen LogP) is 11.0. The van der Waals surface area contributed by atoms with Crippen molar-refractivity contribution in [1.29, 1.82) is 0 Å². The van der Waals surface area contributed by atoms with E-state index in [0.29, 0.717) is 13.0 Å². The Morgan fingerprint density at radius 1 is 0.543 bits per heavy atom. The van der Waals surface area contributed by atoms with Crippen molar-refractivity contribution < 1.29 is 9.53 Å². The molecule has 0 saturated heterocycles. The monoisotopic (exact) mass is 486 g/mol. The van der Waals surface area contributed by atoms with Gasteiger partial charge in [-0.05, 0) is 85.6 Å². The van der Waals surface area contributed by atoms with Crippen LogP contribution in [0.4, 0.5) is 0 Å². The van der Waals surface area contributed by atoms with Gasteiger partial charge in [-0.1, -0.05) is 105 Å². The second-order valence-corrected chi connectivity index (χ2v) is 10.7. The zero-order valence-electron chi connectivity index (χ0n) is 24.4. The molecule has 0 saturated carbocycles. The number of ether oxygens (including phenoxy) is 1. The highest BCUT2D eigenvalue weighted by Gasteiger charge is 2.02. The molecule has 0 atom stereocenters. The summed E-state index contributed by atoms with van der Waals surface area (Å²) in [4.78, 5) is 11.9. The molecule has 0 N–H and O–H groups in total. The van der Waals surface area contributed by atoms with Gasteiger partial charge in [0.25, 0.3) is 0 Å². The largest absolute Gasteiger partial charge is 0.461 e. The van der Waals surface area contributed by atoms with Crippen LogP contribution >= 0.6 is 0 Å². The first-order valence-electron chi connectivity index (χ1n) is 14.6. The van der Waals surface area contributed by atoms with E-state index >= 15 is 0 Å². The third-order valence-electron chi connectivity index (χ3n) is 6.56. The molecule has 0 aliphatic rings. The van der Waals surface area contributed by atoms with Gasteiger partial charge in [0.2, 0.25) is 0 Å². The van der Waals surface area contributed by atoms with Gasteiger partial charge in [-0.2, -0.15) is 0 Å². The first-order valence-corrected chi connectivity index (χ1v) is 14.6. The van der Waals surface area contributed by atoms with Crippen molar-refractivity contribution in [3.8, 4) is 0 Å². The first kappa shape index (κ1) is 33.4. The van der Waals surface area contributed by atoms with Crippen LogP contribution in [-0.2, 0) is 9.53 Å². The molecule has 0 aromatic rings. The fourth-order valence-electron chi connectivity index (χ4n) is 4.09. The second kappa shape index (κ2) is 24.1. The molecule has 0 amide bonds. The Morgan fingerprint density at radius 3 is 1.46 bits per heavy atom. The summed E-state index contributed by atoms with van der Waals surface area (Å²) in [6.07, 6.45) is 29.3. The first-order chi connectivity index (χ1) is 16.8. The SMILES string of the molecule is CCCCCCCCCCCCC(=O)OC/C=C(\C)CC/C=C(\C)CC/C=C(\C)CCC=C(C)C. The molecule has 0 aromatic carbocycles.